The molecule has 0 aromatic heterocycles. The maximum Gasteiger partial charge on any atom is 0.203 e. The van der Waals surface area contributed by atoms with Gasteiger partial charge in [0.25, 0.3) is 0 Å². The monoisotopic (exact) mass is 568 g/mol. The van der Waals surface area contributed by atoms with Gasteiger partial charge < -0.3 is 24.8 Å². The van der Waals surface area contributed by atoms with E-state index in [4.69, 9.17) is 14.2 Å². The van der Waals surface area contributed by atoms with Crippen molar-refractivity contribution in [1.29, 1.82) is 0 Å². The van der Waals surface area contributed by atoms with Gasteiger partial charge in [-0.25, -0.2) is 0 Å². The molecule has 182 valence electrons. The Kier molecular flexibility index (Phi) is 11.6. The zero-order valence-electron chi connectivity index (χ0n) is 20.1. The van der Waals surface area contributed by atoms with Crippen LogP contribution in [-0.2, 0) is 19.5 Å². The van der Waals surface area contributed by atoms with Gasteiger partial charge in [-0.3, -0.25) is 9.89 Å². The molecule has 0 bridgehead atoms. The number of aliphatic imine (C=N–C) groups is 1. The normalized spacial score (nSPS) is 13.9. The highest BCUT2D eigenvalue weighted by atomic mass is 127. The van der Waals surface area contributed by atoms with Crippen LogP contribution < -0.4 is 24.8 Å². The van der Waals surface area contributed by atoms with E-state index in [9.17, 15) is 0 Å². The van der Waals surface area contributed by atoms with E-state index in [-0.39, 0.29) is 24.0 Å². The van der Waals surface area contributed by atoms with Crippen LogP contribution in [0.25, 0.3) is 0 Å². The predicted molar refractivity (Wildman–Crippen MR) is 144 cm³/mol. The molecular formula is C25H37IN4O3. The lowest BCUT2D eigenvalue weighted by atomic mass is 10.1. The summed E-state index contributed by atoms with van der Waals surface area (Å²) in [6.45, 7) is 4.93. The quantitative estimate of drug-likeness (QED) is 0.258. The van der Waals surface area contributed by atoms with E-state index in [1.165, 1.54) is 37.1 Å². The van der Waals surface area contributed by atoms with Crippen molar-refractivity contribution in [3.8, 4) is 17.2 Å². The molecule has 1 saturated heterocycles. The fourth-order valence-electron chi connectivity index (χ4n) is 4.04. The van der Waals surface area contributed by atoms with Crippen molar-refractivity contribution in [2.45, 2.75) is 32.4 Å². The minimum Gasteiger partial charge on any atom is -0.493 e. The molecule has 2 N–H and O–H groups in total. The van der Waals surface area contributed by atoms with Gasteiger partial charge >= 0.3 is 0 Å². The lowest BCUT2D eigenvalue weighted by molar-refractivity contribution is 0.322. The summed E-state index contributed by atoms with van der Waals surface area (Å²) < 4.78 is 16.4. The van der Waals surface area contributed by atoms with Crippen molar-refractivity contribution in [3.05, 3.63) is 53.1 Å². The van der Waals surface area contributed by atoms with Gasteiger partial charge in [0, 0.05) is 32.2 Å². The van der Waals surface area contributed by atoms with E-state index in [1.807, 2.05) is 12.1 Å². The van der Waals surface area contributed by atoms with E-state index in [2.05, 4.69) is 44.8 Å². The second kappa shape index (κ2) is 14.1. The van der Waals surface area contributed by atoms with Gasteiger partial charge in [-0.15, -0.1) is 24.0 Å². The number of halogens is 1. The first-order valence-corrected chi connectivity index (χ1v) is 11.2. The number of ether oxygens (including phenoxy) is 3. The van der Waals surface area contributed by atoms with Gasteiger partial charge in [0.1, 0.15) is 0 Å². The number of rotatable bonds is 10. The number of methoxy groups -OCH3 is 3. The highest BCUT2D eigenvalue weighted by Crippen LogP contribution is 2.39. The van der Waals surface area contributed by atoms with Crippen molar-refractivity contribution >= 4 is 29.9 Å². The predicted octanol–water partition coefficient (Wildman–Crippen LogP) is 3.83. The average Bonchev–Trinajstić information content (AvgIpc) is 3.34. The van der Waals surface area contributed by atoms with Crippen LogP contribution in [-0.4, -0.2) is 58.9 Å². The number of hydrogen-bond donors (Lipinski definition) is 2. The van der Waals surface area contributed by atoms with Crippen molar-refractivity contribution in [2.24, 2.45) is 4.99 Å². The van der Waals surface area contributed by atoms with Crippen LogP contribution in [0, 0.1) is 0 Å². The van der Waals surface area contributed by atoms with E-state index in [0.717, 1.165) is 31.0 Å². The molecule has 0 amide bonds. The van der Waals surface area contributed by atoms with Gasteiger partial charge in [-0.05, 0) is 49.5 Å². The van der Waals surface area contributed by atoms with E-state index >= 15 is 0 Å². The Bertz CT molecular complexity index is 884. The molecule has 0 spiro atoms. The molecule has 0 unspecified atom stereocenters. The first kappa shape index (κ1) is 27.0. The number of hydrogen-bond acceptors (Lipinski definition) is 5. The molecule has 2 aromatic carbocycles. The molecule has 2 aromatic rings. The zero-order chi connectivity index (χ0) is 22.8. The van der Waals surface area contributed by atoms with Gasteiger partial charge in [0.15, 0.2) is 17.5 Å². The summed E-state index contributed by atoms with van der Waals surface area (Å²) in [5.41, 5.74) is 3.66. The number of likely N-dealkylation sites (tertiary alicyclic amines) is 1. The highest BCUT2D eigenvalue weighted by molar-refractivity contribution is 14.0. The summed E-state index contributed by atoms with van der Waals surface area (Å²) in [4.78, 5) is 6.86. The van der Waals surface area contributed by atoms with E-state index in [0.29, 0.717) is 23.8 Å². The Morgan fingerprint density at radius 2 is 1.55 bits per heavy atom. The van der Waals surface area contributed by atoms with Crippen LogP contribution in [0.15, 0.2) is 41.4 Å². The second-order valence-electron chi connectivity index (χ2n) is 7.90. The fraction of sp³-hybridized carbons (Fsp3) is 0.480. The summed E-state index contributed by atoms with van der Waals surface area (Å²) in [7, 11) is 6.67. The third-order valence-electron chi connectivity index (χ3n) is 5.78. The lowest BCUT2D eigenvalue weighted by Crippen LogP contribution is -2.37. The molecule has 1 heterocycles. The Morgan fingerprint density at radius 3 is 2.15 bits per heavy atom. The number of guanidine groups is 1. The zero-order valence-corrected chi connectivity index (χ0v) is 22.5. The Hall–Kier alpha value is -2.20. The Labute approximate surface area is 214 Å². The molecule has 7 nitrogen and oxygen atoms in total. The number of nitrogens with zero attached hydrogens (tertiary/aromatic N) is 2. The molecule has 0 saturated carbocycles. The van der Waals surface area contributed by atoms with Crippen LogP contribution in [0.5, 0.6) is 17.2 Å². The molecule has 33 heavy (non-hydrogen) atoms. The highest BCUT2D eigenvalue weighted by Gasteiger charge is 2.15. The molecule has 0 atom stereocenters. The van der Waals surface area contributed by atoms with E-state index < -0.39 is 0 Å². The largest absolute Gasteiger partial charge is 0.493 e. The molecule has 1 aliphatic heterocycles. The van der Waals surface area contributed by atoms with Crippen molar-refractivity contribution in [3.63, 3.8) is 0 Å². The third-order valence-corrected chi connectivity index (χ3v) is 5.78. The topological polar surface area (TPSA) is 67.4 Å². The number of benzene rings is 2. The molecule has 0 radical (unpaired) electrons. The number of nitrogens with one attached hydrogen (secondary N) is 2. The van der Waals surface area contributed by atoms with Crippen LogP contribution >= 0.6 is 24.0 Å². The van der Waals surface area contributed by atoms with Crippen molar-refractivity contribution in [1.82, 2.24) is 15.5 Å². The van der Waals surface area contributed by atoms with Crippen LogP contribution in [0.3, 0.4) is 0 Å². The van der Waals surface area contributed by atoms with Crippen LogP contribution in [0.2, 0.25) is 0 Å². The van der Waals surface area contributed by atoms with E-state index in [1.54, 1.807) is 28.4 Å². The minimum absolute atomic E-state index is 0. The summed E-state index contributed by atoms with van der Waals surface area (Å²) in [6, 6.07) is 12.8. The van der Waals surface area contributed by atoms with Gasteiger partial charge in [-0.2, -0.15) is 0 Å². The van der Waals surface area contributed by atoms with Gasteiger partial charge in [0.2, 0.25) is 5.75 Å². The molecule has 3 rings (SSSR count). The first-order chi connectivity index (χ1) is 15.7. The minimum atomic E-state index is 0. The molecular weight excluding hydrogens is 531 g/mol. The molecule has 8 heteroatoms. The summed E-state index contributed by atoms with van der Waals surface area (Å²) >= 11 is 0. The SMILES string of the molecule is CN=C(NCCc1ccc(OC)c(OC)c1OC)NCc1ccc(CN2CCCC2)cc1.I. The lowest BCUT2D eigenvalue weighted by Gasteiger charge is -2.17. The van der Waals surface area contributed by atoms with Crippen LogP contribution in [0.4, 0.5) is 0 Å². The summed E-state index contributed by atoms with van der Waals surface area (Å²) in [5.74, 6) is 2.74. The summed E-state index contributed by atoms with van der Waals surface area (Å²) in [5, 5.41) is 6.76. The van der Waals surface area contributed by atoms with Gasteiger partial charge in [0.05, 0.1) is 21.3 Å². The van der Waals surface area contributed by atoms with Gasteiger partial charge in [-0.1, -0.05) is 30.3 Å². The maximum atomic E-state index is 5.57. The van der Waals surface area contributed by atoms with Crippen LogP contribution in [0.1, 0.15) is 29.5 Å². The average molecular weight is 569 g/mol. The second-order valence-corrected chi connectivity index (χ2v) is 7.90. The molecule has 1 fully saturated rings. The third kappa shape index (κ3) is 7.67. The maximum absolute atomic E-state index is 5.57. The molecule has 1 aliphatic rings. The smallest absolute Gasteiger partial charge is 0.203 e. The Morgan fingerprint density at radius 1 is 0.879 bits per heavy atom. The Balaban J connectivity index is 0.00000385. The fourth-order valence-corrected chi connectivity index (χ4v) is 4.04. The first-order valence-electron chi connectivity index (χ1n) is 11.2. The summed E-state index contributed by atoms with van der Waals surface area (Å²) in [6.07, 6.45) is 3.41. The molecule has 0 aliphatic carbocycles. The van der Waals surface area contributed by atoms with Crippen molar-refractivity contribution < 1.29 is 14.2 Å². The van der Waals surface area contributed by atoms with Crippen molar-refractivity contribution in [2.75, 3.05) is 48.0 Å². The standard InChI is InChI=1S/C25H36N4O3.HI/c1-26-25(27-14-13-21-11-12-22(30-2)24(32-4)23(21)31-3)28-17-19-7-9-20(10-8-19)18-29-15-5-6-16-29;/h7-12H,5-6,13-18H2,1-4H3,(H2,26,27,28);1H.